The number of anilines is 2. The lowest BCUT2D eigenvalue weighted by atomic mass is 10.2. The number of hydrogen-bond donors (Lipinski definition) is 2. The second kappa shape index (κ2) is 8.55. The molecule has 7 nitrogen and oxygen atoms in total. The van der Waals surface area contributed by atoms with Crippen LogP contribution in [0.15, 0.2) is 24.3 Å². The van der Waals surface area contributed by atoms with Crippen LogP contribution >= 0.6 is 11.3 Å². The van der Waals surface area contributed by atoms with Gasteiger partial charge in [0, 0.05) is 36.7 Å². The quantitative estimate of drug-likeness (QED) is 0.820. The van der Waals surface area contributed by atoms with Crippen molar-refractivity contribution < 1.29 is 14.0 Å². The van der Waals surface area contributed by atoms with Crippen LogP contribution in [0.3, 0.4) is 0 Å². The van der Waals surface area contributed by atoms with E-state index in [0.717, 1.165) is 16.3 Å². The number of piperazine rings is 1. The zero-order chi connectivity index (χ0) is 20.3. The smallest absolute Gasteiger partial charge is 0.318 e. The van der Waals surface area contributed by atoms with Gasteiger partial charge in [0.2, 0.25) is 5.91 Å². The van der Waals surface area contributed by atoms with Crippen molar-refractivity contribution in [1.82, 2.24) is 15.2 Å². The molecule has 28 heavy (non-hydrogen) atoms. The molecule has 0 spiro atoms. The molecule has 9 heteroatoms. The van der Waals surface area contributed by atoms with Gasteiger partial charge in [0.15, 0.2) is 5.13 Å². The first-order valence-electron chi connectivity index (χ1n) is 9.14. The zero-order valence-corrected chi connectivity index (χ0v) is 17.0. The number of aryl methyl sites for hydroxylation is 2. The Balaban J connectivity index is 1.48. The van der Waals surface area contributed by atoms with E-state index in [1.165, 1.54) is 23.5 Å². The van der Waals surface area contributed by atoms with E-state index in [0.29, 0.717) is 31.3 Å². The van der Waals surface area contributed by atoms with Crippen LogP contribution in [0.4, 0.5) is 20.0 Å². The summed E-state index contributed by atoms with van der Waals surface area (Å²) in [5.74, 6) is -0.566. The molecular weight excluding hydrogens is 381 g/mol. The molecule has 0 radical (unpaired) electrons. The van der Waals surface area contributed by atoms with E-state index in [1.807, 2.05) is 13.8 Å². The number of thiazole rings is 1. The number of aromatic nitrogens is 1. The zero-order valence-electron chi connectivity index (χ0n) is 16.2. The maximum absolute atomic E-state index is 13.1. The fourth-order valence-electron chi connectivity index (χ4n) is 2.90. The molecular formula is C19H24FN5O2S. The van der Waals surface area contributed by atoms with Crippen LogP contribution in [0.2, 0.25) is 0 Å². The Morgan fingerprint density at radius 3 is 2.36 bits per heavy atom. The fraction of sp³-hybridized carbons (Fsp3) is 0.421. The maximum Gasteiger partial charge on any atom is 0.318 e. The molecule has 2 heterocycles. The summed E-state index contributed by atoms with van der Waals surface area (Å²) >= 11 is 1.41. The van der Waals surface area contributed by atoms with Gasteiger partial charge in [0.25, 0.3) is 0 Å². The molecule has 2 N–H and O–H groups in total. The third kappa shape index (κ3) is 4.78. The highest BCUT2D eigenvalue weighted by Crippen LogP contribution is 2.21. The lowest BCUT2D eigenvalue weighted by Gasteiger charge is -2.36. The molecule has 0 unspecified atom stereocenters. The first kappa shape index (κ1) is 20.1. The molecule has 1 aliphatic rings. The molecule has 1 aromatic heterocycles. The molecule has 0 bridgehead atoms. The van der Waals surface area contributed by atoms with Crippen molar-refractivity contribution in [2.45, 2.75) is 26.8 Å². The number of nitrogens with zero attached hydrogens (tertiary/aromatic N) is 3. The van der Waals surface area contributed by atoms with Gasteiger partial charge in [-0.25, -0.2) is 14.2 Å². The summed E-state index contributed by atoms with van der Waals surface area (Å²) in [6.45, 7) is 7.84. The highest BCUT2D eigenvalue weighted by atomic mass is 32.1. The van der Waals surface area contributed by atoms with Crippen molar-refractivity contribution in [3.05, 3.63) is 40.7 Å². The van der Waals surface area contributed by atoms with Crippen molar-refractivity contribution in [1.29, 1.82) is 0 Å². The van der Waals surface area contributed by atoms with Crippen molar-refractivity contribution in [2.24, 2.45) is 0 Å². The van der Waals surface area contributed by atoms with E-state index >= 15 is 0 Å². The molecule has 150 valence electrons. The average molecular weight is 405 g/mol. The minimum absolute atomic E-state index is 0.267. The summed E-state index contributed by atoms with van der Waals surface area (Å²) in [7, 11) is 0. The van der Waals surface area contributed by atoms with Gasteiger partial charge in [0.1, 0.15) is 11.9 Å². The number of nitrogens with one attached hydrogen (secondary N) is 2. The topological polar surface area (TPSA) is 77.6 Å². The standard InChI is InChI=1S/C19H24FN5O2S/c1-12-14(3)28-18(21-12)23-17(26)13(2)22-19(27)25-10-8-24(9-11-25)16-6-4-15(20)5-7-16/h4-7,13H,8-11H2,1-3H3,(H,22,27)(H,21,23,26)/t13-/m0/s1. The molecule has 1 fully saturated rings. The third-order valence-electron chi connectivity index (χ3n) is 4.75. The van der Waals surface area contributed by atoms with Gasteiger partial charge in [-0.15, -0.1) is 11.3 Å². The van der Waals surface area contributed by atoms with Crippen LogP contribution in [-0.4, -0.2) is 54.0 Å². The summed E-state index contributed by atoms with van der Waals surface area (Å²) in [5.41, 5.74) is 1.82. The van der Waals surface area contributed by atoms with Gasteiger partial charge < -0.3 is 20.4 Å². The van der Waals surface area contributed by atoms with Gasteiger partial charge in [-0.3, -0.25) is 4.79 Å². The van der Waals surface area contributed by atoms with Gasteiger partial charge in [-0.05, 0) is 45.0 Å². The first-order valence-corrected chi connectivity index (χ1v) is 9.96. The monoisotopic (exact) mass is 405 g/mol. The number of amides is 3. The molecule has 3 amide bonds. The predicted molar refractivity (Wildman–Crippen MR) is 108 cm³/mol. The highest BCUT2D eigenvalue weighted by molar-refractivity contribution is 7.15. The summed E-state index contributed by atoms with van der Waals surface area (Å²) in [5, 5.41) is 6.01. The minimum atomic E-state index is -0.674. The minimum Gasteiger partial charge on any atom is -0.368 e. The number of benzene rings is 1. The van der Waals surface area contributed by atoms with E-state index in [-0.39, 0.29) is 17.8 Å². The summed E-state index contributed by atoms with van der Waals surface area (Å²) in [4.78, 5) is 33.9. The van der Waals surface area contributed by atoms with Crippen LogP contribution < -0.4 is 15.5 Å². The molecule has 0 aliphatic carbocycles. The number of rotatable bonds is 4. The Hall–Kier alpha value is -2.68. The van der Waals surface area contributed by atoms with E-state index < -0.39 is 6.04 Å². The largest absolute Gasteiger partial charge is 0.368 e. The Bertz CT molecular complexity index is 827. The molecule has 3 rings (SSSR count). The molecule has 1 atom stereocenters. The number of halogens is 1. The summed E-state index contributed by atoms with van der Waals surface area (Å²) in [6, 6.07) is 5.39. The Morgan fingerprint density at radius 1 is 1.14 bits per heavy atom. The molecule has 0 saturated carbocycles. The molecule has 1 saturated heterocycles. The van der Waals surface area contributed by atoms with Crippen molar-refractivity contribution >= 4 is 34.1 Å². The Kier molecular flexibility index (Phi) is 6.13. The predicted octanol–water partition coefficient (Wildman–Crippen LogP) is 2.76. The first-order chi connectivity index (χ1) is 13.3. The normalized spacial score (nSPS) is 15.3. The van der Waals surface area contributed by atoms with E-state index in [1.54, 1.807) is 24.0 Å². The van der Waals surface area contributed by atoms with Crippen LogP contribution in [-0.2, 0) is 4.79 Å². The molecule has 2 aromatic rings. The lowest BCUT2D eigenvalue weighted by Crippen LogP contribution is -2.54. The van der Waals surface area contributed by atoms with Crippen molar-refractivity contribution in [3.63, 3.8) is 0 Å². The lowest BCUT2D eigenvalue weighted by molar-refractivity contribution is -0.117. The highest BCUT2D eigenvalue weighted by Gasteiger charge is 2.24. The van der Waals surface area contributed by atoms with Crippen LogP contribution in [0.25, 0.3) is 0 Å². The molecule has 1 aromatic carbocycles. The summed E-state index contributed by atoms with van der Waals surface area (Å²) < 4.78 is 13.1. The summed E-state index contributed by atoms with van der Waals surface area (Å²) in [6.07, 6.45) is 0. The van der Waals surface area contributed by atoms with Gasteiger partial charge >= 0.3 is 6.03 Å². The number of carbonyl (C=O) groups excluding carboxylic acids is 2. The van der Waals surface area contributed by atoms with Crippen LogP contribution in [0.5, 0.6) is 0 Å². The van der Waals surface area contributed by atoms with E-state index in [2.05, 4.69) is 20.5 Å². The van der Waals surface area contributed by atoms with Crippen LogP contribution in [0.1, 0.15) is 17.5 Å². The van der Waals surface area contributed by atoms with Gasteiger partial charge in [-0.2, -0.15) is 0 Å². The number of carbonyl (C=O) groups is 2. The second-order valence-electron chi connectivity index (χ2n) is 6.77. The van der Waals surface area contributed by atoms with Gasteiger partial charge in [0.05, 0.1) is 5.69 Å². The number of hydrogen-bond acceptors (Lipinski definition) is 5. The number of urea groups is 1. The van der Waals surface area contributed by atoms with Crippen molar-refractivity contribution in [2.75, 3.05) is 36.4 Å². The maximum atomic E-state index is 13.1. The SMILES string of the molecule is Cc1nc(NC(=O)[C@H](C)NC(=O)N2CCN(c3ccc(F)cc3)CC2)sc1C. The third-order valence-corrected chi connectivity index (χ3v) is 5.74. The molecule has 1 aliphatic heterocycles. The van der Waals surface area contributed by atoms with E-state index in [9.17, 15) is 14.0 Å². The fourth-order valence-corrected chi connectivity index (χ4v) is 3.72. The Morgan fingerprint density at radius 2 is 1.79 bits per heavy atom. The second-order valence-corrected chi connectivity index (χ2v) is 7.97. The Labute approximate surface area is 167 Å². The van der Waals surface area contributed by atoms with Crippen molar-refractivity contribution in [3.8, 4) is 0 Å². The van der Waals surface area contributed by atoms with E-state index in [4.69, 9.17) is 0 Å². The van der Waals surface area contributed by atoms with Crippen LogP contribution in [0, 0.1) is 19.7 Å². The van der Waals surface area contributed by atoms with Gasteiger partial charge in [-0.1, -0.05) is 0 Å². The average Bonchev–Trinajstić information content (AvgIpc) is 2.99.